The molecule has 1 atom stereocenters. The lowest BCUT2D eigenvalue weighted by atomic mass is 10.2. The minimum atomic E-state index is -0.699. The molecule has 1 aromatic heterocycles. The number of aryl methyl sites for hydroxylation is 1. The molecule has 0 fully saturated rings. The molecule has 1 unspecified atom stereocenters. The van der Waals surface area contributed by atoms with Gasteiger partial charge in [-0.1, -0.05) is 18.2 Å². The van der Waals surface area contributed by atoms with Crippen LogP contribution in [-0.4, -0.2) is 24.4 Å². The SMILES string of the molecule is CNC(=O)Oc1c(C)ncc(NOPOc2ccccc2)c1C=O. The average molecular weight is 349 g/mol. The van der Waals surface area contributed by atoms with Crippen molar-refractivity contribution in [1.29, 1.82) is 0 Å². The molecule has 8 nitrogen and oxygen atoms in total. The molecule has 0 saturated carbocycles. The summed E-state index contributed by atoms with van der Waals surface area (Å²) in [6, 6.07) is 9.12. The largest absolute Gasteiger partial charge is 0.448 e. The molecule has 24 heavy (non-hydrogen) atoms. The molecule has 1 heterocycles. The summed E-state index contributed by atoms with van der Waals surface area (Å²) in [5.74, 6) is 0.712. The molecule has 0 saturated heterocycles. The van der Waals surface area contributed by atoms with Gasteiger partial charge >= 0.3 is 6.09 Å². The summed E-state index contributed by atoms with van der Waals surface area (Å²) in [7, 11) is 1.06. The monoisotopic (exact) mass is 349 g/mol. The molecule has 1 amide bonds. The van der Waals surface area contributed by atoms with Crippen molar-refractivity contribution in [3.8, 4) is 11.5 Å². The number of aldehydes is 1. The van der Waals surface area contributed by atoms with Gasteiger partial charge in [-0.2, -0.15) is 0 Å². The Hall–Kier alpha value is -2.70. The molecule has 0 aliphatic heterocycles. The molecule has 0 aliphatic carbocycles. The number of carbonyl (C=O) groups excluding carboxylic acids is 2. The van der Waals surface area contributed by atoms with E-state index in [1.165, 1.54) is 13.2 Å². The smallest absolute Gasteiger partial charge is 0.412 e. The van der Waals surface area contributed by atoms with Crippen molar-refractivity contribution in [3.05, 3.63) is 47.8 Å². The van der Waals surface area contributed by atoms with Crippen LogP contribution >= 0.6 is 9.03 Å². The van der Waals surface area contributed by atoms with Crippen LogP contribution < -0.4 is 20.1 Å². The molecular formula is C15H16N3O5P. The zero-order valence-corrected chi connectivity index (χ0v) is 14.0. The van der Waals surface area contributed by atoms with Crippen molar-refractivity contribution in [1.82, 2.24) is 10.3 Å². The Kier molecular flexibility index (Phi) is 6.48. The Morgan fingerprint density at radius 2 is 2.04 bits per heavy atom. The van der Waals surface area contributed by atoms with E-state index in [2.05, 4.69) is 15.8 Å². The molecule has 9 heteroatoms. The molecular weight excluding hydrogens is 333 g/mol. The third-order valence-electron chi connectivity index (χ3n) is 2.87. The third-order valence-corrected chi connectivity index (χ3v) is 3.38. The van der Waals surface area contributed by atoms with Gasteiger partial charge in [-0.3, -0.25) is 15.3 Å². The molecule has 2 aromatic rings. The van der Waals surface area contributed by atoms with E-state index in [1.807, 2.05) is 18.2 Å². The third kappa shape index (κ3) is 4.65. The second-order valence-electron chi connectivity index (χ2n) is 4.46. The summed E-state index contributed by atoms with van der Waals surface area (Å²) in [5.41, 5.74) is 3.36. The lowest BCUT2D eigenvalue weighted by Gasteiger charge is -2.13. The minimum Gasteiger partial charge on any atom is -0.448 e. The van der Waals surface area contributed by atoms with Crippen molar-refractivity contribution >= 4 is 27.1 Å². The second kappa shape index (κ2) is 8.81. The summed E-state index contributed by atoms with van der Waals surface area (Å²) in [4.78, 5) is 26.8. The molecule has 1 aromatic carbocycles. The van der Waals surface area contributed by atoms with Crippen molar-refractivity contribution in [2.24, 2.45) is 0 Å². The highest BCUT2D eigenvalue weighted by molar-refractivity contribution is 7.26. The van der Waals surface area contributed by atoms with Crippen LogP contribution in [0.5, 0.6) is 11.5 Å². The van der Waals surface area contributed by atoms with E-state index in [0.29, 0.717) is 17.7 Å². The van der Waals surface area contributed by atoms with Gasteiger partial charge in [-0.05, 0) is 19.1 Å². The number of para-hydroxylation sites is 1. The fourth-order valence-electron chi connectivity index (χ4n) is 1.71. The highest BCUT2D eigenvalue weighted by Crippen LogP contribution is 2.29. The Morgan fingerprint density at radius 1 is 1.29 bits per heavy atom. The van der Waals surface area contributed by atoms with Gasteiger partial charge < -0.3 is 14.6 Å². The van der Waals surface area contributed by atoms with Crippen LogP contribution in [0, 0.1) is 6.92 Å². The van der Waals surface area contributed by atoms with Crippen LogP contribution in [0.2, 0.25) is 0 Å². The van der Waals surface area contributed by atoms with Gasteiger partial charge in [0.25, 0.3) is 0 Å². The summed E-state index contributed by atoms with van der Waals surface area (Å²) < 4.78 is 15.6. The summed E-state index contributed by atoms with van der Waals surface area (Å²) in [6.07, 6.45) is 1.26. The molecule has 0 radical (unpaired) electrons. The van der Waals surface area contributed by atoms with E-state index in [1.54, 1.807) is 19.1 Å². The predicted molar refractivity (Wildman–Crippen MR) is 89.5 cm³/mol. The number of carbonyl (C=O) groups is 2. The predicted octanol–water partition coefficient (Wildman–Crippen LogP) is 2.85. The highest BCUT2D eigenvalue weighted by Gasteiger charge is 2.16. The van der Waals surface area contributed by atoms with Crippen molar-refractivity contribution in [2.75, 3.05) is 12.5 Å². The zero-order chi connectivity index (χ0) is 17.4. The number of rotatable bonds is 7. The first kappa shape index (κ1) is 17.7. The van der Waals surface area contributed by atoms with Crippen LogP contribution in [0.25, 0.3) is 0 Å². The standard InChI is InChI=1S/C15H16N3O5P/c1-10-14(21-15(20)16-2)12(9-19)13(8-17-10)18-23-24-22-11-6-4-3-5-7-11/h3-9,18,24H,1-2H3,(H,16,20). The number of anilines is 1. The van der Waals surface area contributed by atoms with Crippen molar-refractivity contribution in [3.63, 3.8) is 0 Å². The lowest BCUT2D eigenvalue weighted by molar-refractivity contribution is 0.112. The van der Waals surface area contributed by atoms with Gasteiger partial charge in [0.15, 0.2) is 12.0 Å². The average Bonchev–Trinajstić information content (AvgIpc) is 2.61. The number of benzene rings is 1. The van der Waals surface area contributed by atoms with Crippen LogP contribution in [0.3, 0.4) is 0 Å². The number of hydrogen-bond donors (Lipinski definition) is 2. The molecule has 0 aliphatic rings. The molecule has 126 valence electrons. The number of ether oxygens (including phenoxy) is 1. The van der Waals surface area contributed by atoms with E-state index in [0.717, 1.165) is 0 Å². The first-order valence-corrected chi connectivity index (χ1v) is 7.70. The number of nitrogens with one attached hydrogen (secondary N) is 2. The van der Waals surface area contributed by atoms with E-state index in [-0.39, 0.29) is 26.0 Å². The van der Waals surface area contributed by atoms with Gasteiger partial charge in [0.05, 0.1) is 23.1 Å². The van der Waals surface area contributed by atoms with Gasteiger partial charge in [0, 0.05) is 7.05 Å². The number of hydrogen-bond acceptors (Lipinski definition) is 7. The molecule has 0 bridgehead atoms. The van der Waals surface area contributed by atoms with E-state index in [4.69, 9.17) is 13.9 Å². The molecule has 2 N–H and O–H groups in total. The number of pyridine rings is 1. The fourth-order valence-corrected chi connectivity index (χ4v) is 2.14. The number of aromatic nitrogens is 1. The summed E-state index contributed by atoms with van der Waals surface area (Å²) in [6.45, 7) is 1.62. The zero-order valence-electron chi connectivity index (χ0n) is 13.0. The van der Waals surface area contributed by atoms with Gasteiger partial charge in [0.1, 0.15) is 5.75 Å². The van der Waals surface area contributed by atoms with Gasteiger partial charge in [0.2, 0.25) is 9.03 Å². The molecule has 2 rings (SSSR count). The second-order valence-corrected chi connectivity index (χ2v) is 5.03. The summed E-state index contributed by atoms with van der Waals surface area (Å²) in [5, 5.41) is 2.31. The van der Waals surface area contributed by atoms with Crippen LogP contribution in [-0.2, 0) is 4.62 Å². The topological polar surface area (TPSA) is 98.8 Å². The normalized spacial score (nSPS) is 10.4. The Morgan fingerprint density at radius 3 is 2.71 bits per heavy atom. The maximum atomic E-state index is 11.4. The van der Waals surface area contributed by atoms with E-state index in [9.17, 15) is 9.59 Å². The maximum Gasteiger partial charge on any atom is 0.412 e. The van der Waals surface area contributed by atoms with Gasteiger partial charge in [-0.25, -0.2) is 9.42 Å². The van der Waals surface area contributed by atoms with Crippen LogP contribution in [0.4, 0.5) is 10.5 Å². The number of amides is 1. The summed E-state index contributed by atoms with van der Waals surface area (Å²) >= 11 is 0. The van der Waals surface area contributed by atoms with Crippen molar-refractivity contribution < 1.29 is 23.5 Å². The van der Waals surface area contributed by atoms with Crippen LogP contribution in [0.1, 0.15) is 16.1 Å². The highest BCUT2D eigenvalue weighted by atomic mass is 31.1. The van der Waals surface area contributed by atoms with Gasteiger partial charge in [-0.15, -0.1) is 0 Å². The Balaban J connectivity index is 2.03. The number of nitrogens with zero attached hydrogens (tertiary/aromatic N) is 1. The van der Waals surface area contributed by atoms with E-state index < -0.39 is 6.09 Å². The maximum absolute atomic E-state index is 11.4. The first-order chi connectivity index (χ1) is 11.7. The lowest BCUT2D eigenvalue weighted by Crippen LogP contribution is -2.23. The van der Waals surface area contributed by atoms with Crippen LogP contribution in [0.15, 0.2) is 36.5 Å². The molecule has 0 spiro atoms. The Labute approximate surface area is 140 Å². The van der Waals surface area contributed by atoms with Crippen molar-refractivity contribution in [2.45, 2.75) is 6.92 Å². The quantitative estimate of drug-likeness (QED) is 0.343. The fraction of sp³-hybridized carbons (Fsp3) is 0.133. The first-order valence-electron chi connectivity index (χ1n) is 6.88. The minimum absolute atomic E-state index is 0.0604. The Bertz CT molecular complexity index is 712. The van der Waals surface area contributed by atoms with E-state index >= 15 is 0 Å².